The number of hydrogen-bond acceptors (Lipinski definition) is 8. The van der Waals surface area contributed by atoms with Gasteiger partial charge < -0.3 is 14.2 Å². The lowest BCUT2D eigenvalue weighted by atomic mass is 10.2. The molecule has 0 spiro atoms. The van der Waals surface area contributed by atoms with Crippen molar-refractivity contribution in [3.8, 4) is 11.5 Å². The van der Waals surface area contributed by atoms with Crippen LogP contribution in [0.25, 0.3) is 0 Å². The summed E-state index contributed by atoms with van der Waals surface area (Å²) in [5, 5.41) is 4.72. The van der Waals surface area contributed by atoms with Crippen molar-refractivity contribution in [1.82, 2.24) is 4.98 Å². The predicted octanol–water partition coefficient (Wildman–Crippen LogP) is 4.27. The second kappa shape index (κ2) is 9.70. The number of benzene rings is 2. The van der Waals surface area contributed by atoms with Gasteiger partial charge in [-0.15, -0.1) is 0 Å². The standard InChI is InChI=1S/C21H21N3O4S/c1-14-19(20(25)27-3)29-21(23-14)24-22-12-16-10-7-11-17(26-2)18(16)28-13-15-8-5-4-6-9-15/h4-12H,13H2,1-3H3,(H,23,24)/b22-12-. The minimum absolute atomic E-state index is 0.406. The van der Waals surface area contributed by atoms with E-state index in [1.54, 1.807) is 20.2 Å². The summed E-state index contributed by atoms with van der Waals surface area (Å²) in [6.07, 6.45) is 1.62. The number of carbonyl (C=O) groups is 1. The van der Waals surface area contributed by atoms with E-state index in [-0.39, 0.29) is 0 Å². The molecule has 0 unspecified atom stereocenters. The number of carbonyl (C=O) groups excluding carboxylic acids is 1. The second-order valence-electron chi connectivity index (χ2n) is 5.95. The maximum atomic E-state index is 11.7. The van der Waals surface area contributed by atoms with Crippen molar-refractivity contribution >= 4 is 28.7 Å². The molecule has 0 atom stereocenters. The number of anilines is 1. The smallest absolute Gasteiger partial charge is 0.350 e. The first kappa shape index (κ1) is 20.3. The first-order valence-corrected chi connectivity index (χ1v) is 9.62. The van der Waals surface area contributed by atoms with Crippen LogP contribution in [0.3, 0.4) is 0 Å². The Bertz CT molecular complexity index is 1000. The molecule has 29 heavy (non-hydrogen) atoms. The molecule has 1 N–H and O–H groups in total. The molecule has 0 saturated carbocycles. The molecule has 1 aromatic heterocycles. The molecule has 0 aliphatic carbocycles. The maximum absolute atomic E-state index is 11.7. The lowest BCUT2D eigenvalue weighted by molar-refractivity contribution is 0.0605. The quantitative estimate of drug-likeness (QED) is 0.339. The number of hydrogen-bond donors (Lipinski definition) is 1. The van der Waals surface area contributed by atoms with Crippen molar-refractivity contribution in [3.05, 3.63) is 70.2 Å². The van der Waals surface area contributed by atoms with Gasteiger partial charge in [0.1, 0.15) is 11.5 Å². The van der Waals surface area contributed by atoms with Gasteiger partial charge in [-0.25, -0.2) is 9.78 Å². The van der Waals surface area contributed by atoms with Gasteiger partial charge in [0.15, 0.2) is 11.5 Å². The molecule has 0 radical (unpaired) electrons. The Labute approximate surface area is 173 Å². The molecule has 0 aliphatic heterocycles. The number of aryl methyl sites for hydroxylation is 1. The summed E-state index contributed by atoms with van der Waals surface area (Å²) in [6.45, 7) is 2.15. The maximum Gasteiger partial charge on any atom is 0.350 e. The molecule has 3 rings (SSSR count). The van der Waals surface area contributed by atoms with E-state index < -0.39 is 5.97 Å². The van der Waals surface area contributed by atoms with Gasteiger partial charge in [-0.1, -0.05) is 47.7 Å². The van der Waals surface area contributed by atoms with Gasteiger partial charge in [0.25, 0.3) is 0 Å². The van der Waals surface area contributed by atoms with Gasteiger partial charge >= 0.3 is 5.97 Å². The van der Waals surface area contributed by atoms with Crippen LogP contribution in [-0.4, -0.2) is 31.4 Å². The third kappa shape index (κ3) is 5.11. The van der Waals surface area contributed by atoms with Crippen molar-refractivity contribution < 1.29 is 19.0 Å². The van der Waals surface area contributed by atoms with Crippen molar-refractivity contribution in [2.45, 2.75) is 13.5 Å². The Hall–Kier alpha value is -3.39. The third-order valence-corrected chi connectivity index (χ3v) is 5.03. The summed E-state index contributed by atoms with van der Waals surface area (Å²) >= 11 is 1.18. The van der Waals surface area contributed by atoms with E-state index in [2.05, 4.69) is 15.5 Å². The molecule has 7 nitrogen and oxygen atoms in total. The van der Waals surface area contributed by atoms with Gasteiger partial charge in [0, 0.05) is 5.56 Å². The SMILES string of the molecule is COC(=O)c1sc(N/N=C\c2cccc(OC)c2OCc2ccccc2)nc1C. The molecule has 0 saturated heterocycles. The Morgan fingerprint density at radius 2 is 1.97 bits per heavy atom. The van der Waals surface area contributed by atoms with E-state index in [1.807, 2.05) is 48.5 Å². The highest BCUT2D eigenvalue weighted by Gasteiger charge is 2.15. The Kier molecular flexibility index (Phi) is 6.80. The summed E-state index contributed by atoms with van der Waals surface area (Å²) in [5.41, 5.74) is 5.23. The van der Waals surface area contributed by atoms with Crippen molar-refractivity contribution in [2.75, 3.05) is 19.6 Å². The summed E-state index contributed by atoms with van der Waals surface area (Å²) in [6, 6.07) is 15.4. The number of aromatic nitrogens is 1. The van der Waals surface area contributed by atoms with Crippen LogP contribution >= 0.6 is 11.3 Å². The normalized spacial score (nSPS) is 10.7. The molecule has 3 aromatic rings. The third-order valence-electron chi connectivity index (χ3n) is 3.99. The van der Waals surface area contributed by atoms with Gasteiger partial charge in [-0.2, -0.15) is 5.10 Å². The number of rotatable bonds is 8. The van der Waals surface area contributed by atoms with Crippen LogP contribution in [0, 0.1) is 6.92 Å². The van der Waals surface area contributed by atoms with Crippen molar-refractivity contribution in [1.29, 1.82) is 0 Å². The van der Waals surface area contributed by atoms with E-state index in [0.717, 1.165) is 11.1 Å². The van der Waals surface area contributed by atoms with Crippen LogP contribution in [0.5, 0.6) is 11.5 Å². The van der Waals surface area contributed by atoms with Crippen LogP contribution < -0.4 is 14.9 Å². The molecule has 150 valence electrons. The van der Waals surface area contributed by atoms with Gasteiger partial charge in [-0.3, -0.25) is 5.43 Å². The molecule has 8 heteroatoms. The van der Waals surface area contributed by atoms with E-state index >= 15 is 0 Å². The molecule has 0 bridgehead atoms. The number of esters is 1. The Morgan fingerprint density at radius 1 is 1.17 bits per heavy atom. The van der Waals surface area contributed by atoms with Crippen LogP contribution in [0.4, 0.5) is 5.13 Å². The summed E-state index contributed by atoms with van der Waals surface area (Å²) in [5.74, 6) is 0.791. The number of methoxy groups -OCH3 is 2. The lowest BCUT2D eigenvalue weighted by Crippen LogP contribution is -2.01. The summed E-state index contributed by atoms with van der Waals surface area (Å²) in [7, 11) is 2.93. The molecule has 0 aliphatic rings. The fourth-order valence-corrected chi connectivity index (χ4v) is 3.40. The zero-order valence-electron chi connectivity index (χ0n) is 16.3. The Balaban J connectivity index is 1.75. The Morgan fingerprint density at radius 3 is 2.69 bits per heavy atom. The van der Waals surface area contributed by atoms with Crippen LogP contribution in [0.1, 0.15) is 26.5 Å². The van der Waals surface area contributed by atoms with E-state index in [1.165, 1.54) is 18.4 Å². The summed E-state index contributed by atoms with van der Waals surface area (Å²) in [4.78, 5) is 16.4. The molecule has 0 amide bonds. The second-order valence-corrected chi connectivity index (χ2v) is 6.95. The number of thiazole rings is 1. The average Bonchev–Trinajstić information content (AvgIpc) is 3.13. The van der Waals surface area contributed by atoms with E-state index in [9.17, 15) is 4.79 Å². The van der Waals surface area contributed by atoms with Gasteiger partial charge in [-0.05, 0) is 24.6 Å². The fraction of sp³-hybridized carbons (Fsp3) is 0.190. The number of para-hydroxylation sites is 1. The van der Waals surface area contributed by atoms with Crippen LogP contribution in [0.15, 0.2) is 53.6 Å². The summed E-state index contributed by atoms with van der Waals surface area (Å²) < 4.78 is 16.2. The van der Waals surface area contributed by atoms with Crippen molar-refractivity contribution in [3.63, 3.8) is 0 Å². The molecular weight excluding hydrogens is 390 g/mol. The minimum atomic E-state index is -0.415. The highest BCUT2D eigenvalue weighted by Crippen LogP contribution is 2.31. The zero-order valence-corrected chi connectivity index (χ0v) is 17.2. The largest absolute Gasteiger partial charge is 0.493 e. The molecule has 2 aromatic carbocycles. The van der Waals surface area contributed by atoms with Gasteiger partial charge in [0.2, 0.25) is 5.13 Å². The van der Waals surface area contributed by atoms with Crippen LogP contribution in [0.2, 0.25) is 0 Å². The molecule has 0 fully saturated rings. The topological polar surface area (TPSA) is 82.0 Å². The first-order valence-electron chi connectivity index (χ1n) is 8.81. The number of ether oxygens (including phenoxy) is 3. The average molecular weight is 411 g/mol. The number of hydrazone groups is 1. The highest BCUT2D eigenvalue weighted by molar-refractivity contribution is 7.17. The van der Waals surface area contributed by atoms with Gasteiger partial charge in [0.05, 0.1) is 26.1 Å². The highest BCUT2D eigenvalue weighted by atomic mass is 32.1. The fourth-order valence-electron chi connectivity index (χ4n) is 2.56. The first-order chi connectivity index (χ1) is 14.1. The molecular formula is C21H21N3O4S. The lowest BCUT2D eigenvalue weighted by Gasteiger charge is -2.13. The monoisotopic (exact) mass is 411 g/mol. The zero-order chi connectivity index (χ0) is 20.6. The van der Waals surface area contributed by atoms with Crippen molar-refractivity contribution in [2.24, 2.45) is 5.10 Å². The van der Waals surface area contributed by atoms with E-state index in [4.69, 9.17) is 14.2 Å². The molecule has 1 heterocycles. The predicted molar refractivity (Wildman–Crippen MR) is 113 cm³/mol. The minimum Gasteiger partial charge on any atom is -0.493 e. The van der Waals surface area contributed by atoms with E-state index in [0.29, 0.717) is 33.8 Å². The number of nitrogens with one attached hydrogen (secondary N) is 1. The van der Waals surface area contributed by atoms with Crippen LogP contribution in [-0.2, 0) is 11.3 Å². The number of nitrogens with zero attached hydrogens (tertiary/aromatic N) is 2.